The number of nitrogens with one attached hydrogen (secondary N) is 1. The molecule has 0 aromatic heterocycles. The lowest BCUT2D eigenvalue weighted by atomic mass is 10.0. The SMILES string of the molecule is CCOc1cc2c(cc1NC(=O)CC(N)c1ccccc1)OC(C)C2. The molecule has 1 aliphatic rings. The van der Waals surface area contributed by atoms with E-state index in [0.717, 1.165) is 23.3 Å². The van der Waals surface area contributed by atoms with Gasteiger partial charge < -0.3 is 20.5 Å². The van der Waals surface area contributed by atoms with Gasteiger partial charge >= 0.3 is 0 Å². The lowest BCUT2D eigenvalue weighted by Gasteiger charge is -2.15. The molecule has 0 fully saturated rings. The van der Waals surface area contributed by atoms with Gasteiger partial charge in [0.25, 0.3) is 0 Å². The fourth-order valence-corrected chi connectivity index (χ4v) is 3.03. The largest absolute Gasteiger partial charge is 0.492 e. The second-order valence-electron chi connectivity index (χ2n) is 6.29. The predicted octanol–water partition coefficient (Wildman–Crippen LogP) is 3.44. The Kier molecular flexibility index (Phi) is 5.24. The number of hydrogen-bond acceptors (Lipinski definition) is 4. The normalized spacial score (nSPS) is 16.7. The average molecular weight is 340 g/mol. The molecule has 25 heavy (non-hydrogen) atoms. The Labute approximate surface area is 148 Å². The van der Waals surface area contributed by atoms with Gasteiger partial charge in [0.2, 0.25) is 5.91 Å². The van der Waals surface area contributed by atoms with Crippen LogP contribution in [-0.2, 0) is 11.2 Å². The number of ether oxygens (including phenoxy) is 2. The molecule has 5 nitrogen and oxygen atoms in total. The molecule has 3 N–H and O–H groups in total. The van der Waals surface area contributed by atoms with E-state index in [1.807, 2.05) is 56.3 Å². The molecule has 0 radical (unpaired) electrons. The zero-order chi connectivity index (χ0) is 17.8. The van der Waals surface area contributed by atoms with Crippen LogP contribution < -0.4 is 20.5 Å². The molecule has 1 amide bonds. The molecule has 0 saturated carbocycles. The van der Waals surface area contributed by atoms with Gasteiger partial charge in [-0.05, 0) is 25.5 Å². The molecule has 2 atom stereocenters. The van der Waals surface area contributed by atoms with Crippen molar-refractivity contribution in [2.24, 2.45) is 5.73 Å². The van der Waals surface area contributed by atoms with Gasteiger partial charge in [0.15, 0.2) is 0 Å². The van der Waals surface area contributed by atoms with Crippen molar-refractivity contribution in [1.82, 2.24) is 0 Å². The number of benzene rings is 2. The van der Waals surface area contributed by atoms with Gasteiger partial charge in [-0.25, -0.2) is 0 Å². The number of amides is 1. The third-order valence-electron chi connectivity index (χ3n) is 4.21. The van der Waals surface area contributed by atoms with Crippen LogP contribution in [0.5, 0.6) is 11.5 Å². The molecule has 0 saturated heterocycles. The van der Waals surface area contributed by atoms with Gasteiger partial charge in [0.1, 0.15) is 17.6 Å². The van der Waals surface area contributed by atoms with Crippen molar-refractivity contribution in [2.45, 2.75) is 38.8 Å². The second kappa shape index (κ2) is 7.57. The molecule has 0 aliphatic carbocycles. The van der Waals surface area contributed by atoms with E-state index < -0.39 is 0 Å². The summed E-state index contributed by atoms with van der Waals surface area (Å²) >= 11 is 0. The van der Waals surface area contributed by atoms with E-state index >= 15 is 0 Å². The van der Waals surface area contributed by atoms with E-state index in [4.69, 9.17) is 15.2 Å². The highest BCUT2D eigenvalue weighted by molar-refractivity contribution is 5.93. The summed E-state index contributed by atoms with van der Waals surface area (Å²) in [6.45, 7) is 4.47. The Morgan fingerprint density at radius 3 is 2.84 bits per heavy atom. The van der Waals surface area contributed by atoms with Gasteiger partial charge in [-0.1, -0.05) is 30.3 Å². The summed E-state index contributed by atoms with van der Waals surface area (Å²) < 4.78 is 11.5. The molecule has 0 spiro atoms. The first-order chi connectivity index (χ1) is 12.1. The van der Waals surface area contributed by atoms with Gasteiger partial charge in [-0.2, -0.15) is 0 Å². The highest BCUT2D eigenvalue weighted by atomic mass is 16.5. The second-order valence-corrected chi connectivity index (χ2v) is 6.29. The van der Waals surface area contributed by atoms with Crippen molar-refractivity contribution < 1.29 is 14.3 Å². The van der Waals surface area contributed by atoms with E-state index in [1.54, 1.807) is 0 Å². The smallest absolute Gasteiger partial charge is 0.226 e. The quantitative estimate of drug-likeness (QED) is 0.845. The van der Waals surface area contributed by atoms with Crippen molar-refractivity contribution in [2.75, 3.05) is 11.9 Å². The molecule has 2 aromatic carbocycles. The van der Waals surface area contributed by atoms with Gasteiger partial charge in [0.05, 0.1) is 12.3 Å². The van der Waals surface area contributed by atoms with Crippen molar-refractivity contribution in [3.8, 4) is 11.5 Å². The topological polar surface area (TPSA) is 73.6 Å². The minimum Gasteiger partial charge on any atom is -0.492 e. The third-order valence-corrected chi connectivity index (χ3v) is 4.21. The monoisotopic (exact) mass is 340 g/mol. The Bertz CT molecular complexity index is 746. The lowest BCUT2D eigenvalue weighted by Crippen LogP contribution is -2.21. The van der Waals surface area contributed by atoms with Crippen molar-refractivity contribution >= 4 is 11.6 Å². The number of anilines is 1. The minimum absolute atomic E-state index is 0.141. The molecule has 2 aromatic rings. The summed E-state index contributed by atoms with van der Waals surface area (Å²) in [7, 11) is 0. The summed E-state index contributed by atoms with van der Waals surface area (Å²) in [6.07, 6.45) is 1.19. The summed E-state index contributed by atoms with van der Waals surface area (Å²) in [4.78, 5) is 12.4. The Hall–Kier alpha value is -2.53. The van der Waals surface area contributed by atoms with Crippen LogP contribution in [0.25, 0.3) is 0 Å². The lowest BCUT2D eigenvalue weighted by molar-refractivity contribution is -0.116. The Balaban J connectivity index is 1.73. The van der Waals surface area contributed by atoms with Crippen LogP contribution in [0.2, 0.25) is 0 Å². The van der Waals surface area contributed by atoms with Crippen molar-refractivity contribution in [1.29, 1.82) is 0 Å². The zero-order valence-electron chi connectivity index (χ0n) is 14.6. The number of nitrogens with two attached hydrogens (primary N) is 1. The summed E-state index contributed by atoms with van der Waals surface area (Å²) in [6, 6.07) is 13.1. The molecule has 2 unspecified atom stereocenters. The molecule has 132 valence electrons. The fraction of sp³-hybridized carbons (Fsp3) is 0.350. The summed E-state index contributed by atoms with van der Waals surface area (Å²) in [5.74, 6) is 1.32. The van der Waals surface area contributed by atoms with Gasteiger partial charge in [0, 0.05) is 30.5 Å². The predicted molar refractivity (Wildman–Crippen MR) is 98.0 cm³/mol. The van der Waals surface area contributed by atoms with Crippen LogP contribution in [0.3, 0.4) is 0 Å². The highest BCUT2D eigenvalue weighted by Gasteiger charge is 2.23. The van der Waals surface area contributed by atoms with Crippen LogP contribution in [0.1, 0.15) is 37.4 Å². The van der Waals surface area contributed by atoms with Crippen LogP contribution in [0.4, 0.5) is 5.69 Å². The van der Waals surface area contributed by atoms with Crippen LogP contribution in [-0.4, -0.2) is 18.6 Å². The van der Waals surface area contributed by atoms with E-state index in [9.17, 15) is 4.79 Å². The van der Waals surface area contributed by atoms with Gasteiger partial charge in [-0.3, -0.25) is 4.79 Å². The minimum atomic E-state index is -0.345. The molecule has 1 heterocycles. The van der Waals surface area contributed by atoms with E-state index in [0.29, 0.717) is 18.0 Å². The molecular formula is C20H24N2O3. The van der Waals surface area contributed by atoms with Crippen LogP contribution in [0, 0.1) is 0 Å². The Morgan fingerprint density at radius 2 is 2.12 bits per heavy atom. The van der Waals surface area contributed by atoms with E-state index in [2.05, 4.69) is 5.32 Å². The first kappa shape index (κ1) is 17.3. The molecule has 0 bridgehead atoms. The first-order valence-electron chi connectivity index (χ1n) is 8.63. The maximum atomic E-state index is 12.4. The first-order valence-corrected chi connectivity index (χ1v) is 8.63. The number of fused-ring (bicyclic) bond motifs is 1. The molecular weight excluding hydrogens is 316 g/mol. The molecule has 5 heteroatoms. The highest BCUT2D eigenvalue weighted by Crippen LogP contribution is 2.38. The van der Waals surface area contributed by atoms with Gasteiger partial charge in [-0.15, -0.1) is 0 Å². The third kappa shape index (κ3) is 4.12. The van der Waals surface area contributed by atoms with E-state index in [-0.39, 0.29) is 24.5 Å². The zero-order valence-corrected chi connectivity index (χ0v) is 14.6. The molecule has 3 rings (SSSR count). The van der Waals surface area contributed by atoms with Crippen molar-refractivity contribution in [3.63, 3.8) is 0 Å². The Morgan fingerprint density at radius 1 is 1.36 bits per heavy atom. The number of rotatable bonds is 6. The summed E-state index contributed by atoms with van der Waals surface area (Å²) in [5.41, 5.74) is 8.81. The summed E-state index contributed by atoms with van der Waals surface area (Å²) in [5, 5.41) is 2.92. The fourth-order valence-electron chi connectivity index (χ4n) is 3.03. The van der Waals surface area contributed by atoms with Crippen molar-refractivity contribution in [3.05, 3.63) is 53.6 Å². The van der Waals surface area contributed by atoms with E-state index in [1.165, 1.54) is 0 Å². The number of carbonyl (C=O) groups is 1. The standard InChI is InChI=1S/C20H24N2O3/c1-3-24-19-10-15-9-13(2)25-18(15)12-17(19)22-20(23)11-16(21)14-7-5-4-6-8-14/h4-8,10,12-13,16H,3,9,11,21H2,1-2H3,(H,22,23). The maximum absolute atomic E-state index is 12.4. The number of hydrogen-bond donors (Lipinski definition) is 2. The van der Waals surface area contributed by atoms with Crippen LogP contribution in [0.15, 0.2) is 42.5 Å². The number of carbonyl (C=O) groups excluding carboxylic acids is 1. The average Bonchev–Trinajstić information content (AvgIpc) is 2.95. The van der Waals surface area contributed by atoms with Crippen LogP contribution >= 0.6 is 0 Å². The molecule has 1 aliphatic heterocycles. The maximum Gasteiger partial charge on any atom is 0.226 e.